The highest BCUT2D eigenvalue weighted by Gasteiger charge is 2.43. The number of benzene rings is 2. The van der Waals surface area contributed by atoms with Gasteiger partial charge in [-0.05, 0) is 73.4 Å². The topological polar surface area (TPSA) is 22.3 Å². The lowest BCUT2D eigenvalue weighted by molar-refractivity contribution is 0.191. The molecular formula is C25H28FN3S. The maximum atomic E-state index is 13.4. The van der Waals surface area contributed by atoms with E-state index in [1.807, 2.05) is 17.8 Å². The number of anilines is 1. The van der Waals surface area contributed by atoms with Gasteiger partial charge >= 0.3 is 0 Å². The van der Waals surface area contributed by atoms with Gasteiger partial charge in [0.05, 0.1) is 5.69 Å². The van der Waals surface area contributed by atoms with Crippen LogP contribution in [-0.2, 0) is 6.42 Å². The highest BCUT2D eigenvalue weighted by atomic mass is 32.2. The van der Waals surface area contributed by atoms with Crippen molar-refractivity contribution in [2.24, 2.45) is 0 Å². The Bertz CT molecular complexity index is 1080. The first-order valence-electron chi connectivity index (χ1n) is 11.3. The van der Waals surface area contributed by atoms with E-state index in [1.54, 1.807) is 23.4 Å². The number of piperidine rings is 1. The first-order chi connectivity index (χ1) is 14.8. The molecule has 2 atom stereocenters. The molecule has 30 heavy (non-hydrogen) atoms. The van der Waals surface area contributed by atoms with Gasteiger partial charge < -0.3 is 14.8 Å². The van der Waals surface area contributed by atoms with Crippen LogP contribution in [0.25, 0.3) is 10.9 Å². The summed E-state index contributed by atoms with van der Waals surface area (Å²) in [4.78, 5) is 10.1. The van der Waals surface area contributed by atoms with E-state index in [1.165, 1.54) is 48.7 Å². The Hall–Kier alpha value is -1.98. The van der Waals surface area contributed by atoms with Crippen molar-refractivity contribution in [1.82, 2.24) is 9.88 Å². The van der Waals surface area contributed by atoms with Gasteiger partial charge in [-0.15, -0.1) is 11.8 Å². The summed E-state index contributed by atoms with van der Waals surface area (Å²) in [6.45, 7) is 4.74. The Morgan fingerprint density at radius 3 is 3.10 bits per heavy atom. The van der Waals surface area contributed by atoms with E-state index in [0.717, 1.165) is 30.3 Å². The molecule has 1 N–H and O–H groups in total. The Labute approximate surface area is 181 Å². The molecule has 0 amide bonds. The molecule has 4 heterocycles. The molecule has 1 fully saturated rings. The molecule has 2 aromatic carbocycles. The fourth-order valence-electron chi connectivity index (χ4n) is 5.87. The largest absolute Gasteiger partial charge is 0.367 e. The molecule has 0 spiro atoms. The van der Waals surface area contributed by atoms with Crippen molar-refractivity contribution in [3.63, 3.8) is 0 Å². The summed E-state index contributed by atoms with van der Waals surface area (Å²) in [5.41, 5.74) is 5.36. The number of aryl methyl sites for hydroxylation is 1. The molecule has 6 rings (SSSR count). The Morgan fingerprint density at radius 1 is 1.17 bits per heavy atom. The summed E-state index contributed by atoms with van der Waals surface area (Å²) in [6.07, 6.45) is 6.81. The zero-order valence-corrected chi connectivity index (χ0v) is 18.1. The van der Waals surface area contributed by atoms with Gasteiger partial charge in [0, 0.05) is 53.6 Å². The summed E-state index contributed by atoms with van der Waals surface area (Å²) < 4.78 is 13.4. The number of H-pyrrole nitrogens is 1. The molecule has 0 radical (unpaired) electrons. The van der Waals surface area contributed by atoms with Gasteiger partial charge in [0.2, 0.25) is 0 Å². The van der Waals surface area contributed by atoms with Crippen LogP contribution in [0.1, 0.15) is 36.3 Å². The van der Waals surface area contributed by atoms with Crippen molar-refractivity contribution >= 4 is 28.4 Å². The number of aromatic nitrogens is 1. The van der Waals surface area contributed by atoms with Gasteiger partial charge in [0.1, 0.15) is 5.82 Å². The maximum absolute atomic E-state index is 13.4. The molecule has 3 aliphatic rings. The second-order valence-corrected chi connectivity index (χ2v) is 10.1. The third kappa shape index (κ3) is 3.14. The third-order valence-corrected chi connectivity index (χ3v) is 8.36. The van der Waals surface area contributed by atoms with Crippen molar-refractivity contribution in [2.75, 3.05) is 36.8 Å². The molecule has 0 bridgehead atoms. The number of halogens is 1. The van der Waals surface area contributed by atoms with Crippen molar-refractivity contribution in [1.29, 1.82) is 0 Å². The van der Waals surface area contributed by atoms with E-state index in [-0.39, 0.29) is 5.82 Å². The fourth-order valence-corrected chi connectivity index (χ4v) is 6.91. The Kier molecular flexibility index (Phi) is 4.76. The number of aromatic amines is 1. The Morgan fingerprint density at radius 2 is 2.13 bits per heavy atom. The molecule has 1 aromatic heterocycles. The van der Waals surface area contributed by atoms with E-state index >= 15 is 0 Å². The highest BCUT2D eigenvalue weighted by Crippen LogP contribution is 2.50. The SMILES string of the molecule is Fc1ccc2c(CCCN3CC[C@H]4[C@@H](C3)c3cccc5c3N4CCCS5)c[nH]c2c1. The number of fused-ring (bicyclic) bond motifs is 4. The van der Waals surface area contributed by atoms with Crippen molar-refractivity contribution < 1.29 is 4.39 Å². The molecule has 156 valence electrons. The summed E-state index contributed by atoms with van der Waals surface area (Å²) in [7, 11) is 0. The van der Waals surface area contributed by atoms with Gasteiger partial charge in [0.25, 0.3) is 0 Å². The molecule has 0 aliphatic carbocycles. The Balaban J connectivity index is 1.14. The van der Waals surface area contributed by atoms with Crippen LogP contribution >= 0.6 is 11.8 Å². The smallest absolute Gasteiger partial charge is 0.125 e. The lowest BCUT2D eigenvalue weighted by atomic mass is 9.89. The van der Waals surface area contributed by atoms with E-state index in [4.69, 9.17) is 0 Å². The van der Waals surface area contributed by atoms with Crippen LogP contribution in [0.15, 0.2) is 47.5 Å². The molecule has 0 unspecified atom stereocenters. The van der Waals surface area contributed by atoms with Crippen LogP contribution < -0.4 is 4.90 Å². The average molecular weight is 422 g/mol. The van der Waals surface area contributed by atoms with Gasteiger partial charge in [0.15, 0.2) is 0 Å². The lowest BCUT2D eigenvalue weighted by Gasteiger charge is -2.39. The van der Waals surface area contributed by atoms with Crippen LogP contribution in [0.4, 0.5) is 10.1 Å². The standard InChI is InChI=1S/C25H28FN3S/c26-18-7-8-19-17(15-27-22(19)14-18)4-2-10-28-12-9-23-21(16-28)20-5-1-6-24-25(20)29(23)11-3-13-30-24/h1,5-8,14-15,21,23,27H,2-4,9-13,16H2/t21-,23-/m0/s1. The second kappa shape index (κ2) is 7.61. The maximum Gasteiger partial charge on any atom is 0.125 e. The number of nitrogens with zero attached hydrogens (tertiary/aromatic N) is 2. The quantitative estimate of drug-likeness (QED) is 0.609. The summed E-state index contributed by atoms with van der Waals surface area (Å²) in [6, 6.07) is 12.7. The van der Waals surface area contributed by atoms with Crippen molar-refractivity contribution in [3.05, 3.63) is 59.5 Å². The minimum atomic E-state index is -0.175. The molecule has 3 nitrogen and oxygen atoms in total. The van der Waals surface area contributed by atoms with Gasteiger partial charge in [-0.1, -0.05) is 12.1 Å². The van der Waals surface area contributed by atoms with E-state index in [0.29, 0.717) is 12.0 Å². The number of likely N-dealkylation sites (tertiary alicyclic amines) is 1. The van der Waals surface area contributed by atoms with Crippen LogP contribution in [0.2, 0.25) is 0 Å². The highest BCUT2D eigenvalue weighted by molar-refractivity contribution is 7.99. The molecule has 0 saturated carbocycles. The summed E-state index contributed by atoms with van der Waals surface area (Å²) >= 11 is 2.05. The van der Waals surface area contributed by atoms with Gasteiger partial charge in [-0.25, -0.2) is 4.39 Å². The number of thioether (sulfide) groups is 1. The van der Waals surface area contributed by atoms with E-state index < -0.39 is 0 Å². The number of para-hydroxylation sites is 1. The van der Waals surface area contributed by atoms with Crippen LogP contribution in [0.5, 0.6) is 0 Å². The number of hydrogen-bond acceptors (Lipinski definition) is 3. The third-order valence-electron chi connectivity index (χ3n) is 7.23. The first kappa shape index (κ1) is 18.8. The molecule has 5 heteroatoms. The summed E-state index contributed by atoms with van der Waals surface area (Å²) in [5.74, 6) is 1.73. The number of hydrogen-bond donors (Lipinski definition) is 1. The fraction of sp³-hybridized carbons (Fsp3) is 0.440. The molecule has 3 aliphatic heterocycles. The minimum absolute atomic E-state index is 0.175. The predicted octanol–water partition coefficient (Wildman–Crippen LogP) is 5.41. The van der Waals surface area contributed by atoms with E-state index in [2.05, 4.69) is 39.2 Å². The second-order valence-electron chi connectivity index (χ2n) is 8.96. The van der Waals surface area contributed by atoms with Crippen LogP contribution in [0.3, 0.4) is 0 Å². The van der Waals surface area contributed by atoms with Crippen LogP contribution in [0, 0.1) is 5.82 Å². The van der Waals surface area contributed by atoms with Crippen molar-refractivity contribution in [2.45, 2.75) is 42.5 Å². The number of rotatable bonds is 4. The molecule has 3 aromatic rings. The minimum Gasteiger partial charge on any atom is -0.367 e. The number of nitrogens with one attached hydrogen (secondary N) is 1. The zero-order valence-electron chi connectivity index (χ0n) is 17.2. The summed E-state index contributed by atoms with van der Waals surface area (Å²) in [5, 5.41) is 1.16. The molecule has 1 saturated heterocycles. The predicted molar refractivity (Wildman–Crippen MR) is 123 cm³/mol. The first-order valence-corrected chi connectivity index (χ1v) is 12.3. The van der Waals surface area contributed by atoms with E-state index in [9.17, 15) is 4.39 Å². The van der Waals surface area contributed by atoms with Crippen LogP contribution in [-0.4, -0.2) is 47.9 Å². The van der Waals surface area contributed by atoms with Gasteiger partial charge in [-0.2, -0.15) is 0 Å². The molecular weight excluding hydrogens is 393 g/mol. The zero-order chi connectivity index (χ0) is 20.1. The lowest BCUT2D eigenvalue weighted by Crippen LogP contribution is -2.46. The normalized spacial score (nSPS) is 23.4. The monoisotopic (exact) mass is 421 g/mol. The van der Waals surface area contributed by atoms with Crippen molar-refractivity contribution in [3.8, 4) is 0 Å². The average Bonchev–Trinajstić information content (AvgIpc) is 3.21. The van der Waals surface area contributed by atoms with Gasteiger partial charge in [-0.3, -0.25) is 0 Å².